The first-order valence-corrected chi connectivity index (χ1v) is 4.98. The first kappa shape index (κ1) is 8.87. The first-order chi connectivity index (χ1) is 4.94. The van der Waals surface area contributed by atoms with E-state index in [1.54, 1.807) is 0 Å². The van der Waals surface area contributed by atoms with Crippen molar-refractivity contribution in [2.75, 3.05) is 5.75 Å². The van der Waals surface area contributed by atoms with Gasteiger partial charge in [-0.05, 0) is 31.9 Å². The summed E-state index contributed by atoms with van der Waals surface area (Å²) in [6.07, 6.45) is 0. The van der Waals surface area contributed by atoms with Crippen molar-refractivity contribution in [1.82, 2.24) is 0 Å². The quantitative estimate of drug-likeness (QED) is 0.536. The highest BCUT2D eigenvalue weighted by molar-refractivity contribution is 7.93. The second kappa shape index (κ2) is 2.68. The van der Waals surface area contributed by atoms with Crippen molar-refractivity contribution >= 4 is 17.0 Å². The maximum absolute atomic E-state index is 11.5. The number of aliphatic imine (C=N–C) groups is 1. The van der Waals surface area contributed by atoms with Crippen molar-refractivity contribution in [3.05, 3.63) is 0 Å². The summed E-state index contributed by atoms with van der Waals surface area (Å²) in [5.74, 6) is 1.16. The number of hydrogen-bond donors (Lipinski definition) is 1. The number of hydrogen-bond acceptors (Lipinski definition) is 3. The van der Waals surface area contributed by atoms with Crippen molar-refractivity contribution in [3.63, 3.8) is 0 Å². The molecule has 0 aromatic rings. The maximum atomic E-state index is 11.5. The Hall–Kier alpha value is -0.220. The molecule has 2 atom stereocenters. The van der Waals surface area contributed by atoms with Crippen molar-refractivity contribution in [1.29, 1.82) is 0 Å². The molecule has 0 amide bonds. The molecular weight excluding hydrogens is 160 g/mol. The van der Waals surface area contributed by atoms with Gasteiger partial charge in [-0.15, -0.1) is 0 Å². The molecule has 0 radical (unpaired) electrons. The van der Waals surface area contributed by atoms with Crippen LogP contribution in [0.3, 0.4) is 0 Å². The van der Waals surface area contributed by atoms with E-state index in [1.165, 1.54) is 0 Å². The molecule has 0 saturated heterocycles. The molecule has 1 aliphatic rings. The average molecular weight is 174 g/mol. The van der Waals surface area contributed by atoms with Gasteiger partial charge < -0.3 is 10.3 Å². The van der Waals surface area contributed by atoms with Crippen LogP contribution in [-0.4, -0.2) is 26.9 Å². The highest BCUT2D eigenvalue weighted by Gasteiger charge is 2.40. The molecular formula is C7H14N2OS. The molecule has 0 aliphatic carbocycles. The SMILES string of the molecule is CC1C[S+]([O-])C(C)(C)C(N)=N1. The predicted octanol–water partition coefficient (Wildman–Crippen LogP) is 0.273. The fourth-order valence-corrected chi connectivity index (χ4v) is 2.19. The minimum absolute atomic E-state index is 0.115. The van der Waals surface area contributed by atoms with Gasteiger partial charge in [-0.1, -0.05) is 0 Å². The zero-order chi connectivity index (χ0) is 8.65. The van der Waals surface area contributed by atoms with E-state index in [0.717, 1.165) is 0 Å². The zero-order valence-corrected chi connectivity index (χ0v) is 7.94. The first-order valence-electron chi connectivity index (χ1n) is 3.67. The van der Waals surface area contributed by atoms with E-state index in [4.69, 9.17) is 5.73 Å². The molecule has 2 unspecified atom stereocenters. The summed E-state index contributed by atoms with van der Waals surface area (Å²) in [5, 5.41) is 0. The minimum atomic E-state index is -0.867. The summed E-state index contributed by atoms with van der Waals surface area (Å²) in [5.41, 5.74) is 5.65. The smallest absolute Gasteiger partial charge is 0.176 e. The molecule has 1 aliphatic heterocycles. The Bertz CT molecular complexity index is 191. The molecule has 3 nitrogen and oxygen atoms in total. The Balaban J connectivity index is 2.90. The lowest BCUT2D eigenvalue weighted by Crippen LogP contribution is -2.51. The van der Waals surface area contributed by atoms with E-state index in [0.29, 0.717) is 11.6 Å². The lowest BCUT2D eigenvalue weighted by atomic mass is 10.2. The van der Waals surface area contributed by atoms with Gasteiger partial charge >= 0.3 is 0 Å². The molecule has 1 rings (SSSR count). The normalized spacial score (nSPS) is 36.5. The van der Waals surface area contributed by atoms with Gasteiger partial charge in [0.25, 0.3) is 0 Å². The summed E-state index contributed by atoms with van der Waals surface area (Å²) < 4.78 is 11.1. The van der Waals surface area contributed by atoms with E-state index < -0.39 is 15.9 Å². The van der Waals surface area contributed by atoms with Crippen molar-refractivity contribution in [2.24, 2.45) is 10.7 Å². The van der Waals surface area contributed by atoms with Crippen molar-refractivity contribution in [3.8, 4) is 0 Å². The van der Waals surface area contributed by atoms with Crippen molar-refractivity contribution in [2.45, 2.75) is 31.6 Å². The van der Waals surface area contributed by atoms with E-state index in [1.807, 2.05) is 20.8 Å². The third-order valence-electron chi connectivity index (χ3n) is 1.94. The Morgan fingerprint density at radius 3 is 2.73 bits per heavy atom. The Morgan fingerprint density at radius 2 is 2.27 bits per heavy atom. The molecule has 2 N–H and O–H groups in total. The summed E-state index contributed by atoms with van der Waals surface area (Å²) >= 11 is -0.867. The van der Waals surface area contributed by atoms with Gasteiger partial charge in [-0.3, -0.25) is 4.99 Å². The second-order valence-corrected chi connectivity index (χ2v) is 5.43. The summed E-state index contributed by atoms with van der Waals surface area (Å²) in [6.45, 7) is 5.67. The van der Waals surface area contributed by atoms with Gasteiger partial charge in [-0.2, -0.15) is 0 Å². The van der Waals surface area contributed by atoms with Crippen LogP contribution in [0.1, 0.15) is 20.8 Å². The highest BCUT2D eigenvalue weighted by Crippen LogP contribution is 2.23. The lowest BCUT2D eigenvalue weighted by Gasteiger charge is -2.33. The van der Waals surface area contributed by atoms with E-state index >= 15 is 0 Å². The van der Waals surface area contributed by atoms with Crippen LogP contribution < -0.4 is 5.73 Å². The Labute approximate surface area is 70.3 Å². The summed E-state index contributed by atoms with van der Waals surface area (Å²) in [6, 6.07) is 0.115. The Morgan fingerprint density at radius 1 is 1.73 bits per heavy atom. The highest BCUT2D eigenvalue weighted by atomic mass is 32.2. The van der Waals surface area contributed by atoms with E-state index in [9.17, 15) is 4.55 Å². The molecule has 1 heterocycles. The van der Waals surface area contributed by atoms with Crippen molar-refractivity contribution < 1.29 is 4.55 Å². The monoisotopic (exact) mass is 174 g/mol. The molecule has 0 spiro atoms. The lowest BCUT2D eigenvalue weighted by molar-refractivity contribution is 0.562. The number of nitrogens with zero attached hydrogens (tertiary/aromatic N) is 1. The largest absolute Gasteiger partial charge is 0.616 e. The van der Waals surface area contributed by atoms with Crippen LogP contribution in [0.4, 0.5) is 0 Å². The van der Waals surface area contributed by atoms with E-state index in [2.05, 4.69) is 4.99 Å². The number of rotatable bonds is 0. The van der Waals surface area contributed by atoms with Crippen LogP contribution in [0.2, 0.25) is 0 Å². The molecule has 0 aromatic heterocycles. The topological polar surface area (TPSA) is 61.4 Å². The minimum Gasteiger partial charge on any atom is -0.616 e. The van der Waals surface area contributed by atoms with Gasteiger partial charge in [0.15, 0.2) is 10.6 Å². The van der Waals surface area contributed by atoms with Gasteiger partial charge in [0.2, 0.25) is 0 Å². The summed E-state index contributed by atoms with van der Waals surface area (Å²) in [7, 11) is 0. The standard InChI is InChI=1S/C7H14N2OS/c1-5-4-11(10)7(2,3)6(8)9-5/h5H,4H2,1-3H3,(H2,8,9). The molecule has 4 heteroatoms. The third kappa shape index (κ3) is 1.51. The number of nitrogens with two attached hydrogens (primary N) is 1. The molecule has 0 bridgehead atoms. The summed E-state index contributed by atoms with van der Waals surface area (Å²) in [4.78, 5) is 4.19. The zero-order valence-electron chi connectivity index (χ0n) is 7.13. The third-order valence-corrected chi connectivity index (χ3v) is 4.07. The van der Waals surface area contributed by atoms with Gasteiger partial charge in [0.05, 0.1) is 6.04 Å². The fourth-order valence-electron chi connectivity index (χ4n) is 0.974. The van der Waals surface area contributed by atoms with Gasteiger partial charge in [0.1, 0.15) is 5.75 Å². The van der Waals surface area contributed by atoms with E-state index in [-0.39, 0.29) is 6.04 Å². The predicted molar refractivity (Wildman–Crippen MR) is 48.2 cm³/mol. The number of amidine groups is 1. The van der Waals surface area contributed by atoms with Gasteiger partial charge in [-0.25, -0.2) is 0 Å². The van der Waals surface area contributed by atoms with Crippen LogP contribution in [-0.2, 0) is 11.2 Å². The van der Waals surface area contributed by atoms with Gasteiger partial charge in [0, 0.05) is 0 Å². The van der Waals surface area contributed by atoms with Crippen LogP contribution in [0, 0.1) is 0 Å². The second-order valence-electron chi connectivity index (χ2n) is 3.39. The van der Waals surface area contributed by atoms with Crippen LogP contribution in [0.25, 0.3) is 0 Å². The molecule has 64 valence electrons. The van der Waals surface area contributed by atoms with Crippen LogP contribution >= 0.6 is 0 Å². The molecule has 0 saturated carbocycles. The molecule has 11 heavy (non-hydrogen) atoms. The fraction of sp³-hybridized carbons (Fsp3) is 0.857. The molecule has 0 aromatic carbocycles. The Kier molecular flexibility index (Phi) is 2.16. The van der Waals surface area contributed by atoms with Crippen LogP contribution in [0.15, 0.2) is 4.99 Å². The average Bonchev–Trinajstić information content (AvgIpc) is 1.84. The molecule has 0 fully saturated rings. The van der Waals surface area contributed by atoms with Crippen LogP contribution in [0.5, 0.6) is 0 Å². The maximum Gasteiger partial charge on any atom is 0.176 e.